The number of ether oxygens (including phenoxy) is 2. The molecule has 0 unspecified atom stereocenters. The molecule has 3 heterocycles. The summed E-state index contributed by atoms with van der Waals surface area (Å²) in [6, 6.07) is 11.0. The summed E-state index contributed by atoms with van der Waals surface area (Å²) < 4.78 is 16.3. The van der Waals surface area contributed by atoms with Crippen LogP contribution in [0.5, 0.6) is 11.5 Å². The molecule has 8 heteroatoms. The van der Waals surface area contributed by atoms with Crippen LogP contribution in [0.1, 0.15) is 30.6 Å². The Kier molecular flexibility index (Phi) is 5.03. The van der Waals surface area contributed by atoms with E-state index in [1.54, 1.807) is 31.4 Å². The largest absolute Gasteiger partial charge is 0.493 e. The average Bonchev–Trinajstić information content (AvgIpc) is 3.38. The number of amides is 1. The number of carbonyl (C=O) groups is 1. The standard InChI is InChI=1S/C21H20N2O5S/c1-3-27-16-7-6-13(9-17(16)26-2)14-10-19(24)23-20(15(14)11-22)29-12-21(23,25)18-5-4-8-28-18/h4-9,14,25H,3,10,12H2,1-2H3/t14-,21-/m0/s1. The van der Waals surface area contributed by atoms with Crippen molar-refractivity contribution in [1.82, 2.24) is 4.90 Å². The number of furan rings is 1. The summed E-state index contributed by atoms with van der Waals surface area (Å²) in [4.78, 5) is 14.4. The summed E-state index contributed by atoms with van der Waals surface area (Å²) in [5.41, 5.74) is -0.357. The molecule has 0 radical (unpaired) electrons. The monoisotopic (exact) mass is 412 g/mol. The SMILES string of the molecule is CCOc1ccc([C@@H]2CC(=O)N3C(=C2C#N)SC[C@]3(O)c2ccco2)cc1OC. The van der Waals surface area contributed by atoms with Crippen LogP contribution >= 0.6 is 11.8 Å². The molecule has 2 aromatic rings. The normalized spacial score (nSPS) is 23.7. The van der Waals surface area contributed by atoms with Crippen molar-refractivity contribution in [3.8, 4) is 17.6 Å². The lowest BCUT2D eigenvalue weighted by Crippen LogP contribution is -2.48. The Morgan fingerprint density at radius 2 is 2.24 bits per heavy atom. The van der Waals surface area contributed by atoms with Gasteiger partial charge in [0.25, 0.3) is 0 Å². The lowest BCUT2D eigenvalue weighted by atomic mass is 9.85. The molecule has 0 bridgehead atoms. The molecule has 1 aromatic carbocycles. The fourth-order valence-electron chi connectivity index (χ4n) is 3.77. The van der Waals surface area contributed by atoms with Crippen molar-refractivity contribution in [1.29, 1.82) is 5.26 Å². The van der Waals surface area contributed by atoms with Gasteiger partial charge in [-0.15, -0.1) is 11.8 Å². The molecule has 150 valence electrons. The number of hydrogen-bond acceptors (Lipinski definition) is 7. The number of carbonyl (C=O) groups excluding carboxylic acids is 1. The molecular formula is C21H20N2O5S. The van der Waals surface area contributed by atoms with E-state index >= 15 is 0 Å². The van der Waals surface area contributed by atoms with E-state index in [0.29, 0.717) is 28.7 Å². The van der Waals surface area contributed by atoms with Crippen molar-refractivity contribution in [3.63, 3.8) is 0 Å². The van der Waals surface area contributed by atoms with Gasteiger partial charge < -0.3 is 19.0 Å². The molecule has 7 nitrogen and oxygen atoms in total. The Morgan fingerprint density at radius 3 is 2.90 bits per heavy atom. The molecule has 1 N–H and O–H groups in total. The first kappa shape index (κ1) is 19.4. The van der Waals surface area contributed by atoms with E-state index in [2.05, 4.69) is 6.07 Å². The van der Waals surface area contributed by atoms with Crippen molar-refractivity contribution in [2.75, 3.05) is 19.5 Å². The summed E-state index contributed by atoms with van der Waals surface area (Å²) in [5.74, 6) is 0.956. The lowest BCUT2D eigenvalue weighted by molar-refractivity contribution is -0.152. The van der Waals surface area contributed by atoms with Gasteiger partial charge in [-0.2, -0.15) is 5.26 Å². The van der Waals surface area contributed by atoms with E-state index in [9.17, 15) is 15.2 Å². The summed E-state index contributed by atoms with van der Waals surface area (Å²) in [5, 5.41) is 21.5. The van der Waals surface area contributed by atoms with Crippen LogP contribution in [0, 0.1) is 11.3 Å². The number of nitrogens with zero attached hydrogens (tertiary/aromatic N) is 2. The lowest BCUT2D eigenvalue weighted by Gasteiger charge is -2.36. The molecule has 2 atom stereocenters. The summed E-state index contributed by atoms with van der Waals surface area (Å²) in [7, 11) is 1.55. The molecule has 29 heavy (non-hydrogen) atoms. The quantitative estimate of drug-likeness (QED) is 0.805. The minimum atomic E-state index is -1.59. The molecular weight excluding hydrogens is 392 g/mol. The zero-order chi connectivity index (χ0) is 20.6. The van der Waals surface area contributed by atoms with Crippen LogP contribution in [0.15, 0.2) is 51.6 Å². The highest BCUT2D eigenvalue weighted by molar-refractivity contribution is 8.03. The van der Waals surface area contributed by atoms with Crippen LogP contribution in [0.4, 0.5) is 0 Å². The van der Waals surface area contributed by atoms with Crippen molar-refractivity contribution < 1.29 is 23.8 Å². The maximum atomic E-state index is 13.1. The van der Waals surface area contributed by atoms with Gasteiger partial charge in [0, 0.05) is 12.3 Å². The average molecular weight is 412 g/mol. The van der Waals surface area contributed by atoms with Crippen LogP contribution in [0.25, 0.3) is 0 Å². The summed E-state index contributed by atoms with van der Waals surface area (Å²) >= 11 is 1.28. The molecule has 0 aliphatic carbocycles. The van der Waals surface area contributed by atoms with Crippen LogP contribution < -0.4 is 9.47 Å². The van der Waals surface area contributed by atoms with Gasteiger partial charge in [-0.25, -0.2) is 0 Å². The Bertz CT molecular complexity index is 1010. The first-order chi connectivity index (χ1) is 14.0. The second kappa shape index (κ2) is 7.50. The first-order valence-electron chi connectivity index (χ1n) is 9.20. The Hall–Kier alpha value is -2.89. The predicted octanol–water partition coefficient (Wildman–Crippen LogP) is 3.33. The zero-order valence-corrected chi connectivity index (χ0v) is 16.9. The van der Waals surface area contributed by atoms with Gasteiger partial charge in [0.15, 0.2) is 17.3 Å². The van der Waals surface area contributed by atoms with E-state index in [4.69, 9.17) is 13.9 Å². The zero-order valence-electron chi connectivity index (χ0n) is 16.0. The van der Waals surface area contributed by atoms with Crippen molar-refractivity contribution in [2.45, 2.75) is 25.0 Å². The smallest absolute Gasteiger partial charge is 0.231 e. The van der Waals surface area contributed by atoms with Gasteiger partial charge in [-0.05, 0) is 36.8 Å². The number of allylic oxidation sites excluding steroid dienone is 1. The second-order valence-electron chi connectivity index (χ2n) is 6.74. The first-order valence-corrected chi connectivity index (χ1v) is 10.2. The van der Waals surface area contributed by atoms with E-state index in [-0.39, 0.29) is 23.8 Å². The fourth-order valence-corrected chi connectivity index (χ4v) is 5.11. The van der Waals surface area contributed by atoms with Crippen molar-refractivity contribution >= 4 is 17.7 Å². The van der Waals surface area contributed by atoms with Gasteiger partial charge >= 0.3 is 0 Å². The molecule has 2 aliphatic rings. The molecule has 1 amide bonds. The number of thioether (sulfide) groups is 1. The highest BCUT2D eigenvalue weighted by atomic mass is 32.2. The number of methoxy groups -OCH3 is 1. The number of aliphatic hydroxyl groups is 1. The predicted molar refractivity (Wildman–Crippen MR) is 106 cm³/mol. The maximum absolute atomic E-state index is 13.1. The molecule has 2 aliphatic heterocycles. The van der Waals surface area contributed by atoms with Crippen molar-refractivity contribution in [2.24, 2.45) is 0 Å². The molecule has 4 rings (SSSR count). The van der Waals surface area contributed by atoms with Crippen LogP contribution in [0.2, 0.25) is 0 Å². The van der Waals surface area contributed by atoms with Gasteiger partial charge in [-0.3, -0.25) is 9.69 Å². The van der Waals surface area contributed by atoms with E-state index in [0.717, 1.165) is 5.56 Å². The van der Waals surface area contributed by atoms with Crippen LogP contribution in [-0.4, -0.2) is 35.4 Å². The third-order valence-corrected chi connectivity index (χ3v) is 6.34. The highest BCUT2D eigenvalue weighted by Crippen LogP contribution is 2.52. The van der Waals surface area contributed by atoms with E-state index in [1.165, 1.54) is 22.9 Å². The minimum Gasteiger partial charge on any atom is -0.493 e. The van der Waals surface area contributed by atoms with Crippen LogP contribution in [-0.2, 0) is 10.5 Å². The maximum Gasteiger partial charge on any atom is 0.231 e. The van der Waals surface area contributed by atoms with Crippen LogP contribution in [0.3, 0.4) is 0 Å². The molecule has 1 saturated heterocycles. The van der Waals surface area contributed by atoms with E-state index < -0.39 is 11.6 Å². The highest BCUT2D eigenvalue weighted by Gasteiger charge is 2.53. The number of nitriles is 1. The summed E-state index contributed by atoms with van der Waals surface area (Å²) in [6.07, 6.45) is 1.52. The van der Waals surface area contributed by atoms with Gasteiger partial charge in [-0.1, -0.05) is 6.07 Å². The summed E-state index contributed by atoms with van der Waals surface area (Å²) in [6.45, 7) is 2.39. The Morgan fingerprint density at radius 1 is 1.41 bits per heavy atom. The Balaban J connectivity index is 1.77. The Labute approximate surface area is 172 Å². The van der Waals surface area contributed by atoms with Crippen molar-refractivity contribution in [3.05, 3.63) is 58.5 Å². The van der Waals surface area contributed by atoms with E-state index in [1.807, 2.05) is 13.0 Å². The fraction of sp³-hybridized carbons (Fsp3) is 0.333. The van der Waals surface area contributed by atoms with Gasteiger partial charge in [0.2, 0.25) is 11.6 Å². The number of benzene rings is 1. The van der Waals surface area contributed by atoms with Gasteiger partial charge in [0.05, 0.1) is 42.4 Å². The third-order valence-electron chi connectivity index (χ3n) is 5.12. The minimum absolute atomic E-state index is 0.0626. The molecule has 0 saturated carbocycles. The third kappa shape index (κ3) is 3.07. The molecule has 0 spiro atoms. The second-order valence-corrected chi connectivity index (χ2v) is 7.71. The van der Waals surface area contributed by atoms with Gasteiger partial charge in [0.1, 0.15) is 0 Å². The molecule has 1 fully saturated rings. The number of rotatable bonds is 5. The topological polar surface area (TPSA) is 95.9 Å². The molecule has 1 aromatic heterocycles. The number of fused-ring (bicyclic) bond motifs is 1. The number of hydrogen-bond donors (Lipinski definition) is 1.